The minimum atomic E-state index is -0.147. The number of hydrogen-bond acceptors (Lipinski definition) is 1. The van der Waals surface area contributed by atoms with E-state index in [-0.39, 0.29) is 11.2 Å². The summed E-state index contributed by atoms with van der Waals surface area (Å²) >= 11 is 6.33. The van der Waals surface area contributed by atoms with Gasteiger partial charge in [0.15, 0.2) is 0 Å². The molecule has 1 aromatic rings. The molecule has 20 heavy (non-hydrogen) atoms. The summed E-state index contributed by atoms with van der Waals surface area (Å²) in [5, 5.41) is 4.10. The molecule has 3 heteroatoms. The van der Waals surface area contributed by atoms with E-state index in [0.29, 0.717) is 10.9 Å². The molecule has 1 fully saturated rings. The highest BCUT2D eigenvalue weighted by Gasteiger charge is 2.37. The SMILES string of the molecule is CC(C)CNCC1(c2c(F)cccc2Cl)CCCCC1. The molecular weight excluding hydrogens is 273 g/mol. The monoisotopic (exact) mass is 297 g/mol. The third-order valence-electron chi connectivity index (χ3n) is 4.32. The summed E-state index contributed by atoms with van der Waals surface area (Å²) in [6.07, 6.45) is 5.62. The second-order valence-corrected chi connectivity index (χ2v) is 6.87. The summed E-state index contributed by atoms with van der Waals surface area (Å²) in [4.78, 5) is 0. The van der Waals surface area contributed by atoms with Crippen LogP contribution >= 0.6 is 11.6 Å². The number of hydrogen-bond donors (Lipinski definition) is 1. The van der Waals surface area contributed by atoms with Crippen molar-refractivity contribution in [3.63, 3.8) is 0 Å². The summed E-state index contributed by atoms with van der Waals surface area (Å²) in [6, 6.07) is 5.05. The van der Waals surface area contributed by atoms with Crippen molar-refractivity contribution < 1.29 is 4.39 Å². The minimum Gasteiger partial charge on any atom is -0.316 e. The van der Waals surface area contributed by atoms with Gasteiger partial charge in [0.05, 0.1) is 0 Å². The van der Waals surface area contributed by atoms with E-state index in [2.05, 4.69) is 19.2 Å². The quantitative estimate of drug-likeness (QED) is 0.813. The maximum atomic E-state index is 14.4. The summed E-state index contributed by atoms with van der Waals surface area (Å²) in [6.45, 7) is 6.17. The Morgan fingerprint density at radius 2 is 1.95 bits per heavy atom. The van der Waals surface area contributed by atoms with Crippen molar-refractivity contribution in [3.8, 4) is 0 Å². The fourth-order valence-electron chi connectivity index (χ4n) is 3.35. The lowest BCUT2D eigenvalue weighted by molar-refractivity contribution is 0.269. The Kier molecular flexibility index (Phi) is 5.45. The van der Waals surface area contributed by atoms with Crippen LogP contribution < -0.4 is 5.32 Å². The van der Waals surface area contributed by atoms with E-state index in [0.717, 1.165) is 44.3 Å². The highest BCUT2D eigenvalue weighted by atomic mass is 35.5. The molecule has 0 atom stereocenters. The van der Waals surface area contributed by atoms with Crippen LogP contribution in [-0.4, -0.2) is 13.1 Å². The van der Waals surface area contributed by atoms with Gasteiger partial charge in [-0.25, -0.2) is 4.39 Å². The zero-order chi connectivity index (χ0) is 14.6. The van der Waals surface area contributed by atoms with E-state index >= 15 is 0 Å². The van der Waals surface area contributed by atoms with E-state index in [1.165, 1.54) is 6.42 Å². The third kappa shape index (κ3) is 3.53. The molecule has 1 nitrogen and oxygen atoms in total. The van der Waals surface area contributed by atoms with E-state index in [9.17, 15) is 4.39 Å². The molecule has 0 heterocycles. The first-order valence-corrected chi connectivity index (χ1v) is 8.08. The lowest BCUT2D eigenvalue weighted by atomic mass is 9.69. The van der Waals surface area contributed by atoms with Gasteiger partial charge in [-0.05, 0) is 37.4 Å². The molecular formula is C17H25ClFN. The van der Waals surface area contributed by atoms with Crippen molar-refractivity contribution >= 4 is 11.6 Å². The fraction of sp³-hybridized carbons (Fsp3) is 0.647. The summed E-state index contributed by atoms with van der Waals surface area (Å²) in [5.41, 5.74) is 0.605. The number of rotatable bonds is 5. The first-order chi connectivity index (χ1) is 9.55. The molecule has 0 radical (unpaired) electrons. The van der Waals surface area contributed by atoms with Crippen LogP contribution in [0.15, 0.2) is 18.2 Å². The van der Waals surface area contributed by atoms with Crippen LogP contribution in [0.2, 0.25) is 5.02 Å². The lowest BCUT2D eigenvalue weighted by Gasteiger charge is -2.39. The molecule has 0 saturated heterocycles. The zero-order valence-electron chi connectivity index (χ0n) is 12.5. The van der Waals surface area contributed by atoms with Crippen LogP contribution in [0.5, 0.6) is 0 Å². The van der Waals surface area contributed by atoms with Crippen molar-refractivity contribution in [3.05, 3.63) is 34.6 Å². The average molecular weight is 298 g/mol. The van der Waals surface area contributed by atoms with Gasteiger partial charge in [-0.1, -0.05) is 50.8 Å². The Bertz CT molecular complexity index is 418. The molecule has 1 aliphatic carbocycles. The third-order valence-corrected chi connectivity index (χ3v) is 4.63. The minimum absolute atomic E-state index is 0.129. The van der Waals surface area contributed by atoms with E-state index in [1.807, 2.05) is 6.07 Å². The van der Waals surface area contributed by atoms with Gasteiger partial charge in [0.2, 0.25) is 0 Å². The first kappa shape index (κ1) is 15.8. The molecule has 112 valence electrons. The van der Waals surface area contributed by atoms with E-state index in [4.69, 9.17) is 11.6 Å². The zero-order valence-corrected chi connectivity index (χ0v) is 13.3. The maximum absolute atomic E-state index is 14.4. The summed E-state index contributed by atoms with van der Waals surface area (Å²) in [5.74, 6) is 0.456. The molecule has 1 aliphatic rings. The van der Waals surface area contributed by atoms with Gasteiger partial charge in [-0.2, -0.15) is 0 Å². The number of halogens is 2. The van der Waals surface area contributed by atoms with Crippen LogP contribution in [-0.2, 0) is 5.41 Å². The molecule has 0 amide bonds. The predicted molar refractivity (Wildman–Crippen MR) is 83.9 cm³/mol. The molecule has 1 saturated carbocycles. The Morgan fingerprint density at radius 3 is 2.55 bits per heavy atom. The van der Waals surface area contributed by atoms with E-state index in [1.54, 1.807) is 12.1 Å². The molecule has 0 aromatic heterocycles. The summed E-state index contributed by atoms with van der Waals surface area (Å²) < 4.78 is 14.4. The number of benzene rings is 1. The second kappa shape index (κ2) is 6.91. The summed E-state index contributed by atoms with van der Waals surface area (Å²) in [7, 11) is 0. The Morgan fingerprint density at radius 1 is 1.25 bits per heavy atom. The first-order valence-electron chi connectivity index (χ1n) is 7.70. The van der Waals surface area contributed by atoms with Gasteiger partial charge < -0.3 is 5.32 Å². The molecule has 0 aliphatic heterocycles. The lowest BCUT2D eigenvalue weighted by Crippen LogP contribution is -2.42. The van der Waals surface area contributed by atoms with Crippen LogP contribution in [0.1, 0.15) is 51.5 Å². The largest absolute Gasteiger partial charge is 0.316 e. The van der Waals surface area contributed by atoms with Crippen molar-refractivity contribution in [2.45, 2.75) is 51.4 Å². The standard InChI is InChI=1S/C17H25ClFN/c1-13(2)11-20-12-17(9-4-3-5-10-17)16-14(18)7-6-8-15(16)19/h6-8,13,20H,3-5,9-12H2,1-2H3. The van der Waals surface area contributed by atoms with Gasteiger partial charge in [0.25, 0.3) is 0 Å². The van der Waals surface area contributed by atoms with Gasteiger partial charge in [0.1, 0.15) is 5.82 Å². The van der Waals surface area contributed by atoms with Crippen LogP contribution in [0.4, 0.5) is 4.39 Å². The van der Waals surface area contributed by atoms with Gasteiger partial charge in [0, 0.05) is 22.5 Å². The van der Waals surface area contributed by atoms with Crippen molar-refractivity contribution in [2.75, 3.05) is 13.1 Å². The highest BCUT2D eigenvalue weighted by molar-refractivity contribution is 6.31. The van der Waals surface area contributed by atoms with Crippen molar-refractivity contribution in [1.82, 2.24) is 5.32 Å². The topological polar surface area (TPSA) is 12.0 Å². The molecule has 0 unspecified atom stereocenters. The maximum Gasteiger partial charge on any atom is 0.128 e. The highest BCUT2D eigenvalue weighted by Crippen LogP contribution is 2.43. The molecule has 0 bridgehead atoms. The molecule has 1 N–H and O–H groups in total. The normalized spacial score (nSPS) is 18.4. The van der Waals surface area contributed by atoms with Gasteiger partial charge in [-0.15, -0.1) is 0 Å². The van der Waals surface area contributed by atoms with Crippen LogP contribution in [0.3, 0.4) is 0 Å². The Labute approximate surface area is 126 Å². The van der Waals surface area contributed by atoms with Crippen molar-refractivity contribution in [1.29, 1.82) is 0 Å². The molecule has 2 rings (SSSR count). The fourth-order valence-corrected chi connectivity index (χ4v) is 3.71. The van der Waals surface area contributed by atoms with Crippen LogP contribution in [0, 0.1) is 11.7 Å². The van der Waals surface area contributed by atoms with Crippen molar-refractivity contribution in [2.24, 2.45) is 5.92 Å². The van der Waals surface area contributed by atoms with Crippen LogP contribution in [0.25, 0.3) is 0 Å². The Hall–Kier alpha value is -0.600. The molecule has 0 spiro atoms. The molecule has 1 aromatic carbocycles. The number of nitrogens with one attached hydrogen (secondary N) is 1. The van der Waals surface area contributed by atoms with E-state index < -0.39 is 0 Å². The average Bonchev–Trinajstić information content (AvgIpc) is 2.39. The smallest absolute Gasteiger partial charge is 0.128 e. The van der Waals surface area contributed by atoms with Gasteiger partial charge in [-0.3, -0.25) is 0 Å². The van der Waals surface area contributed by atoms with Gasteiger partial charge >= 0.3 is 0 Å². The Balaban J connectivity index is 2.26. The predicted octanol–water partition coefficient (Wildman–Crippen LogP) is 4.93. The second-order valence-electron chi connectivity index (χ2n) is 6.46.